The van der Waals surface area contributed by atoms with Crippen LogP contribution >= 0.6 is 11.8 Å². The maximum atomic E-state index is 12.1. The predicted octanol–water partition coefficient (Wildman–Crippen LogP) is 4.91. The minimum Gasteiger partial charge on any atom is -0.465 e. The molecule has 3 aromatic carbocycles. The number of carbonyl (C=O) groups excluding carboxylic acids is 2. The zero-order chi connectivity index (χ0) is 31.6. The van der Waals surface area contributed by atoms with Gasteiger partial charge in [-0.2, -0.15) is 5.10 Å². The number of aromatic amines is 1. The van der Waals surface area contributed by atoms with E-state index in [0.717, 1.165) is 38.5 Å². The third kappa shape index (κ3) is 8.70. The molecule has 4 N–H and O–H groups in total. The maximum Gasteiger partial charge on any atom is 0.325 e. The maximum absolute atomic E-state index is 12.1. The number of ether oxygens (including phenoxy) is 3. The van der Waals surface area contributed by atoms with Crippen molar-refractivity contribution in [1.82, 2.24) is 25.8 Å². The summed E-state index contributed by atoms with van der Waals surface area (Å²) >= 11 is 1.56. The highest BCUT2D eigenvalue weighted by atomic mass is 32.2. The lowest BCUT2D eigenvalue weighted by atomic mass is 9.91. The van der Waals surface area contributed by atoms with E-state index in [1.165, 1.54) is 6.33 Å². The number of carbonyl (C=O) groups is 2. The van der Waals surface area contributed by atoms with Gasteiger partial charge in [0.15, 0.2) is 11.4 Å². The summed E-state index contributed by atoms with van der Waals surface area (Å²) in [6, 6.07) is 23.4. The highest BCUT2D eigenvalue weighted by Gasteiger charge is 2.38. The number of hydrogen-bond donors (Lipinski definition) is 4. The molecular weight excluding hydrogens is 594 g/mol. The number of urea groups is 1. The van der Waals surface area contributed by atoms with Crippen molar-refractivity contribution in [3.63, 3.8) is 0 Å². The van der Waals surface area contributed by atoms with Crippen LogP contribution < -0.4 is 10.6 Å². The molecule has 4 unspecified atom stereocenters. The Morgan fingerprint density at radius 3 is 2.47 bits per heavy atom. The second-order valence-electron chi connectivity index (χ2n) is 10.6. The first-order valence-corrected chi connectivity index (χ1v) is 15.8. The second kappa shape index (κ2) is 15.7. The number of esters is 1. The molecule has 1 saturated heterocycles. The van der Waals surface area contributed by atoms with E-state index in [4.69, 9.17) is 14.2 Å². The summed E-state index contributed by atoms with van der Waals surface area (Å²) < 4.78 is 17.9. The zero-order valence-electron chi connectivity index (χ0n) is 25.1. The largest absolute Gasteiger partial charge is 0.465 e. The third-order valence-corrected chi connectivity index (χ3v) is 8.46. The fraction of sp³-hybridized carbons (Fsp3) is 0.333. The van der Waals surface area contributed by atoms with E-state index in [9.17, 15) is 14.7 Å². The highest BCUT2D eigenvalue weighted by Crippen LogP contribution is 2.43. The minimum atomic E-state index is -0.582. The summed E-state index contributed by atoms with van der Waals surface area (Å²) in [5.74, 6) is 0.241. The SMILES string of the molecule is CCOC(=O)CNC(=O)NCc1cccc(-c2ccc(C3OC(CSc4ncn[nH]4)C(C)C(c4ccc(CO)cc4)O3)cc2)c1. The molecule has 236 valence electrons. The van der Waals surface area contributed by atoms with E-state index >= 15 is 0 Å². The molecule has 45 heavy (non-hydrogen) atoms. The van der Waals surface area contributed by atoms with E-state index in [-0.39, 0.29) is 37.9 Å². The molecule has 0 spiro atoms. The molecule has 11 nitrogen and oxygen atoms in total. The van der Waals surface area contributed by atoms with E-state index < -0.39 is 18.3 Å². The van der Waals surface area contributed by atoms with E-state index in [1.807, 2.05) is 72.8 Å². The van der Waals surface area contributed by atoms with Crippen molar-refractivity contribution >= 4 is 23.8 Å². The first-order valence-electron chi connectivity index (χ1n) is 14.8. The van der Waals surface area contributed by atoms with Gasteiger partial charge in [0.2, 0.25) is 0 Å². The predicted molar refractivity (Wildman–Crippen MR) is 169 cm³/mol. The Morgan fingerprint density at radius 2 is 1.76 bits per heavy atom. The summed E-state index contributed by atoms with van der Waals surface area (Å²) in [5, 5.41) is 22.3. The number of nitrogens with zero attached hydrogens (tertiary/aromatic N) is 2. The van der Waals surface area contributed by atoms with Crippen LogP contribution in [0, 0.1) is 5.92 Å². The lowest BCUT2D eigenvalue weighted by Crippen LogP contribution is -2.38. The van der Waals surface area contributed by atoms with Crippen LogP contribution in [0.2, 0.25) is 0 Å². The topological polar surface area (TPSA) is 148 Å². The van der Waals surface area contributed by atoms with Gasteiger partial charge in [-0.3, -0.25) is 9.89 Å². The van der Waals surface area contributed by atoms with Crippen molar-refractivity contribution in [3.8, 4) is 11.1 Å². The van der Waals surface area contributed by atoms with Gasteiger partial charge in [-0.25, -0.2) is 9.78 Å². The van der Waals surface area contributed by atoms with Crippen LogP contribution in [-0.2, 0) is 32.2 Å². The first kappa shape index (κ1) is 32.2. The first-order chi connectivity index (χ1) is 21.9. The third-order valence-electron chi connectivity index (χ3n) is 7.50. The number of aliphatic hydroxyl groups excluding tert-OH is 1. The van der Waals surface area contributed by atoms with Gasteiger partial charge in [-0.05, 0) is 40.8 Å². The lowest BCUT2D eigenvalue weighted by molar-refractivity contribution is -0.268. The van der Waals surface area contributed by atoms with Crippen molar-refractivity contribution in [2.75, 3.05) is 18.9 Å². The normalized spacial score (nSPS) is 19.5. The zero-order valence-corrected chi connectivity index (χ0v) is 26.0. The van der Waals surface area contributed by atoms with E-state index in [0.29, 0.717) is 12.3 Å². The minimum absolute atomic E-state index is 0.0121. The standard InChI is InChI=1S/C33H37N5O6S/c1-3-42-29(40)17-35-32(41)34-16-23-5-4-6-27(15-23)24-11-13-26(14-12-24)31-43-28(19-45-33-36-20-37-38-33)21(2)30(44-31)25-9-7-22(18-39)8-10-25/h4-15,20-21,28,30-31,39H,3,16-19H2,1-2H3,(H2,34,35,41)(H,36,37,38). The number of nitrogens with one attached hydrogen (secondary N) is 3. The number of benzene rings is 3. The number of amides is 2. The molecule has 5 rings (SSSR count). The molecule has 0 bridgehead atoms. The van der Waals surface area contributed by atoms with Crippen LogP contribution in [0.1, 0.15) is 48.5 Å². The molecule has 0 saturated carbocycles. The second-order valence-corrected chi connectivity index (χ2v) is 11.6. The number of H-pyrrole nitrogens is 1. The van der Waals surface area contributed by atoms with Crippen LogP contribution in [0.3, 0.4) is 0 Å². The number of thioether (sulfide) groups is 1. The van der Waals surface area contributed by atoms with Gasteiger partial charge in [-0.15, -0.1) is 0 Å². The van der Waals surface area contributed by atoms with Crippen molar-refractivity contribution in [2.24, 2.45) is 5.92 Å². The van der Waals surface area contributed by atoms with Gasteiger partial charge in [0.05, 0.1) is 25.4 Å². The van der Waals surface area contributed by atoms with Crippen molar-refractivity contribution < 1.29 is 28.9 Å². The average molecular weight is 632 g/mol. The Morgan fingerprint density at radius 1 is 0.978 bits per heavy atom. The number of rotatable bonds is 12. The Hall–Kier alpha value is -4.23. The molecule has 2 amide bonds. The van der Waals surface area contributed by atoms with Crippen LogP contribution in [0.25, 0.3) is 11.1 Å². The Labute approximate surface area is 266 Å². The molecule has 0 aliphatic carbocycles. The van der Waals surface area contributed by atoms with Gasteiger partial charge < -0.3 is 30.0 Å². The summed E-state index contributed by atoms with van der Waals surface area (Å²) in [6.07, 6.45) is 0.570. The smallest absolute Gasteiger partial charge is 0.325 e. The Bertz CT molecular complexity index is 1530. The fourth-order valence-electron chi connectivity index (χ4n) is 5.04. The van der Waals surface area contributed by atoms with E-state index in [1.54, 1.807) is 18.7 Å². The molecule has 1 fully saturated rings. The summed E-state index contributed by atoms with van der Waals surface area (Å²) in [4.78, 5) is 27.8. The molecule has 1 aliphatic heterocycles. The van der Waals surface area contributed by atoms with Gasteiger partial charge in [0.25, 0.3) is 0 Å². The van der Waals surface area contributed by atoms with Crippen molar-refractivity contribution in [1.29, 1.82) is 0 Å². The van der Waals surface area contributed by atoms with Gasteiger partial charge in [0.1, 0.15) is 12.9 Å². The van der Waals surface area contributed by atoms with Crippen LogP contribution in [-0.4, -0.2) is 57.3 Å². The lowest BCUT2D eigenvalue weighted by Gasteiger charge is -2.41. The quantitative estimate of drug-likeness (QED) is 0.126. The number of aromatic nitrogens is 3. The molecule has 4 atom stereocenters. The summed E-state index contributed by atoms with van der Waals surface area (Å²) in [5.41, 5.74) is 5.69. The molecule has 1 aromatic heterocycles. The highest BCUT2D eigenvalue weighted by molar-refractivity contribution is 7.99. The molecule has 12 heteroatoms. The summed E-state index contributed by atoms with van der Waals surface area (Å²) in [7, 11) is 0. The molecule has 0 radical (unpaired) electrons. The fourth-order valence-corrected chi connectivity index (χ4v) is 5.98. The van der Waals surface area contributed by atoms with Crippen LogP contribution in [0.5, 0.6) is 0 Å². The Kier molecular flexibility index (Phi) is 11.2. The van der Waals surface area contributed by atoms with Crippen LogP contribution in [0.15, 0.2) is 84.3 Å². The molecule has 4 aromatic rings. The monoisotopic (exact) mass is 631 g/mol. The van der Waals surface area contributed by atoms with Crippen LogP contribution in [0.4, 0.5) is 4.79 Å². The number of aliphatic hydroxyl groups is 1. The van der Waals surface area contributed by atoms with Gasteiger partial charge in [-0.1, -0.05) is 85.4 Å². The average Bonchev–Trinajstić information content (AvgIpc) is 3.60. The molecule has 2 heterocycles. The van der Waals surface area contributed by atoms with Crippen molar-refractivity contribution in [2.45, 2.75) is 50.7 Å². The Balaban J connectivity index is 1.27. The molecule has 1 aliphatic rings. The van der Waals surface area contributed by atoms with Gasteiger partial charge in [0, 0.05) is 23.8 Å². The summed E-state index contributed by atoms with van der Waals surface area (Å²) in [6.45, 7) is 4.21. The number of hydrogen-bond acceptors (Lipinski definition) is 9. The molecular formula is C33H37N5O6S. The van der Waals surface area contributed by atoms with Crippen molar-refractivity contribution in [3.05, 3.63) is 101 Å². The van der Waals surface area contributed by atoms with Gasteiger partial charge >= 0.3 is 12.0 Å². The van der Waals surface area contributed by atoms with E-state index in [2.05, 4.69) is 32.7 Å².